The molecule has 0 spiro atoms. The molecule has 1 N–H and O–H groups in total. The molecule has 0 unspecified atom stereocenters. The van der Waals surface area contributed by atoms with E-state index in [1.807, 2.05) is 31.2 Å². The van der Waals surface area contributed by atoms with Crippen molar-refractivity contribution in [2.75, 3.05) is 19.5 Å². The van der Waals surface area contributed by atoms with Gasteiger partial charge in [-0.15, -0.1) is 0 Å². The summed E-state index contributed by atoms with van der Waals surface area (Å²) in [5, 5.41) is 3.80. The molecule has 0 radical (unpaired) electrons. The van der Waals surface area contributed by atoms with Gasteiger partial charge in [-0.05, 0) is 19.1 Å². The van der Waals surface area contributed by atoms with Crippen LogP contribution >= 0.6 is 11.6 Å². The van der Waals surface area contributed by atoms with Gasteiger partial charge >= 0.3 is 0 Å². The van der Waals surface area contributed by atoms with Crippen LogP contribution in [-0.4, -0.2) is 19.2 Å². The Bertz CT molecular complexity index is 602. The summed E-state index contributed by atoms with van der Waals surface area (Å²) in [4.78, 5) is 4.44. The maximum atomic E-state index is 6.07. The number of methoxy groups -OCH3 is 2. The van der Waals surface area contributed by atoms with E-state index in [1.165, 1.54) is 0 Å². The minimum Gasteiger partial charge on any atom is -0.495 e. The number of halogens is 1. The first kappa shape index (κ1) is 14.5. The first-order valence-corrected chi connectivity index (χ1v) is 6.59. The van der Waals surface area contributed by atoms with Crippen LogP contribution in [0.2, 0.25) is 5.02 Å². The molecule has 5 heteroatoms. The van der Waals surface area contributed by atoms with Crippen molar-refractivity contribution in [1.82, 2.24) is 4.98 Å². The molecule has 0 atom stereocenters. The quantitative estimate of drug-likeness (QED) is 0.913. The Kier molecular flexibility index (Phi) is 4.69. The standard InChI is InChI=1S/C15H17ClN2O2/c1-10-5-4-6-11(18-10)9-17-13-8-14(19-2)12(16)7-15(13)20-3/h4-8,17H,9H2,1-3H3. The van der Waals surface area contributed by atoms with E-state index >= 15 is 0 Å². The number of anilines is 1. The second-order valence-corrected chi connectivity index (χ2v) is 4.72. The molecule has 20 heavy (non-hydrogen) atoms. The molecule has 0 amide bonds. The molecule has 0 aliphatic heterocycles. The molecule has 2 aromatic rings. The van der Waals surface area contributed by atoms with Gasteiger partial charge in [0.25, 0.3) is 0 Å². The van der Waals surface area contributed by atoms with Crippen LogP contribution in [0.15, 0.2) is 30.3 Å². The lowest BCUT2D eigenvalue weighted by atomic mass is 10.2. The van der Waals surface area contributed by atoms with Crippen LogP contribution in [-0.2, 0) is 6.54 Å². The van der Waals surface area contributed by atoms with E-state index in [1.54, 1.807) is 20.3 Å². The van der Waals surface area contributed by atoms with Crippen LogP contribution in [0.4, 0.5) is 5.69 Å². The number of nitrogens with one attached hydrogen (secondary N) is 1. The lowest BCUT2D eigenvalue weighted by Gasteiger charge is -2.13. The third-order valence-corrected chi connectivity index (χ3v) is 3.18. The largest absolute Gasteiger partial charge is 0.495 e. The number of pyridine rings is 1. The maximum Gasteiger partial charge on any atom is 0.143 e. The molecule has 0 bridgehead atoms. The Morgan fingerprint density at radius 1 is 1.15 bits per heavy atom. The second kappa shape index (κ2) is 6.48. The summed E-state index contributed by atoms with van der Waals surface area (Å²) >= 11 is 6.07. The van der Waals surface area contributed by atoms with Gasteiger partial charge in [0.1, 0.15) is 11.5 Å². The van der Waals surface area contributed by atoms with E-state index in [4.69, 9.17) is 21.1 Å². The van der Waals surface area contributed by atoms with Crippen molar-refractivity contribution < 1.29 is 9.47 Å². The van der Waals surface area contributed by atoms with E-state index in [2.05, 4.69) is 10.3 Å². The topological polar surface area (TPSA) is 43.4 Å². The number of ether oxygens (including phenoxy) is 2. The summed E-state index contributed by atoms with van der Waals surface area (Å²) in [6, 6.07) is 9.47. The van der Waals surface area contributed by atoms with Gasteiger partial charge in [-0.2, -0.15) is 0 Å². The van der Waals surface area contributed by atoms with Gasteiger partial charge in [0, 0.05) is 17.8 Å². The minimum atomic E-state index is 0.517. The third-order valence-electron chi connectivity index (χ3n) is 2.88. The van der Waals surface area contributed by atoms with Crippen LogP contribution in [0.25, 0.3) is 0 Å². The molecule has 0 saturated carbocycles. The Morgan fingerprint density at radius 2 is 1.90 bits per heavy atom. The van der Waals surface area contributed by atoms with E-state index < -0.39 is 0 Å². The van der Waals surface area contributed by atoms with Crippen molar-refractivity contribution in [3.05, 3.63) is 46.7 Å². The lowest BCUT2D eigenvalue weighted by molar-refractivity contribution is 0.404. The van der Waals surface area contributed by atoms with Crippen LogP contribution in [0, 0.1) is 6.92 Å². The Morgan fingerprint density at radius 3 is 2.55 bits per heavy atom. The van der Waals surface area contributed by atoms with Crippen molar-refractivity contribution in [2.45, 2.75) is 13.5 Å². The average Bonchev–Trinajstić information content (AvgIpc) is 2.45. The normalized spacial score (nSPS) is 10.2. The lowest BCUT2D eigenvalue weighted by Crippen LogP contribution is -2.04. The molecule has 1 aromatic heterocycles. The van der Waals surface area contributed by atoms with E-state index in [9.17, 15) is 0 Å². The smallest absolute Gasteiger partial charge is 0.143 e. The Balaban J connectivity index is 2.20. The van der Waals surface area contributed by atoms with E-state index in [0.29, 0.717) is 23.1 Å². The zero-order valence-electron chi connectivity index (χ0n) is 11.7. The summed E-state index contributed by atoms with van der Waals surface area (Å²) in [6.07, 6.45) is 0. The molecule has 2 rings (SSSR count). The van der Waals surface area contributed by atoms with Gasteiger partial charge in [0.2, 0.25) is 0 Å². The van der Waals surface area contributed by atoms with Crippen LogP contribution in [0.1, 0.15) is 11.4 Å². The molecule has 106 valence electrons. The highest BCUT2D eigenvalue weighted by atomic mass is 35.5. The number of aryl methyl sites for hydroxylation is 1. The van der Waals surface area contributed by atoms with E-state index in [-0.39, 0.29) is 0 Å². The minimum absolute atomic E-state index is 0.517. The predicted octanol–water partition coefficient (Wildman–Crippen LogP) is 3.67. The van der Waals surface area contributed by atoms with Gasteiger partial charge in [-0.3, -0.25) is 4.98 Å². The fraction of sp³-hybridized carbons (Fsp3) is 0.267. The Hall–Kier alpha value is -1.94. The molecule has 0 fully saturated rings. The summed E-state index contributed by atoms with van der Waals surface area (Å²) in [5.41, 5.74) is 2.77. The highest BCUT2D eigenvalue weighted by molar-refractivity contribution is 6.32. The number of hydrogen-bond acceptors (Lipinski definition) is 4. The fourth-order valence-corrected chi connectivity index (χ4v) is 2.11. The molecular weight excluding hydrogens is 276 g/mol. The number of hydrogen-bond donors (Lipinski definition) is 1. The zero-order chi connectivity index (χ0) is 14.5. The van der Waals surface area contributed by atoms with Crippen molar-refractivity contribution in [3.63, 3.8) is 0 Å². The van der Waals surface area contributed by atoms with Gasteiger partial charge in [0.15, 0.2) is 0 Å². The summed E-state index contributed by atoms with van der Waals surface area (Å²) in [7, 11) is 3.19. The highest BCUT2D eigenvalue weighted by Crippen LogP contribution is 2.35. The summed E-state index contributed by atoms with van der Waals surface area (Å²) in [6.45, 7) is 2.57. The summed E-state index contributed by atoms with van der Waals surface area (Å²) in [5.74, 6) is 1.27. The van der Waals surface area contributed by atoms with Gasteiger partial charge in [0.05, 0.1) is 37.2 Å². The van der Waals surface area contributed by atoms with Crippen molar-refractivity contribution in [1.29, 1.82) is 0 Å². The molecule has 1 aromatic carbocycles. The van der Waals surface area contributed by atoms with Crippen molar-refractivity contribution >= 4 is 17.3 Å². The van der Waals surface area contributed by atoms with Gasteiger partial charge < -0.3 is 14.8 Å². The van der Waals surface area contributed by atoms with E-state index in [0.717, 1.165) is 17.1 Å². The number of aromatic nitrogens is 1. The summed E-state index contributed by atoms with van der Waals surface area (Å²) < 4.78 is 10.5. The molecular formula is C15H17ClN2O2. The molecule has 4 nitrogen and oxygen atoms in total. The van der Waals surface area contributed by atoms with Crippen LogP contribution in [0.3, 0.4) is 0 Å². The monoisotopic (exact) mass is 292 g/mol. The SMILES string of the molecule is COc1cc(NCc2cccc(C)n2)c(OC)cc1Cl. The number of nitrogens with zero attached hydrogens (tertiary/aromatic N) is 1. The molecule has 1 heterocycles. The molecule has 0 saturated heterocycles. The third kappa shape index (κ3) is 3.33. The molecule has 0 aliphatic rings. The average molecular weight is 293 g/mol. The first-order chi connectivity index (χ1) is 9.63. The van der Waals surface area contributed by atoms with Crippen LogP contribution < -0.4 is 14.8 Å². The second-order valence-electron chi connectivity index (χ2n) is 4.31. The van der Waals surface area contributed by atoms with Gasteiger partial charge in [-0.1, -0.05) is 17.7 Å². The van der Waals surface area contributed by atoms with Crippen molar-refractivity contribution in [2.24, 2.45) is 0 Å². The highest BCUT2D eigenvalue weighted by Gasteiger charge is 2.09. The maximum absolute atomic E-state index is 6.07. The first-order valence-electron chi connectivity index (χ1n) is 6.22. The van der Waals surface area contributed by atoms with Gasteiger partial charge in [-0.25, -0.2) is 0 Å². The van der Waals surface area contributed by atoms with Crippen LogP contribution in [0.5, 0.6) is 11.5 Å². The Labute approximate surface area is 123 Å². The number of benzene rings is 1. The molecule has 0 aliphatic carbocycles. The zero-order valence-corrected chi connectivity index (χ0v) is 12.5. The predicted molar refractivity (Wildman–Crippen MR) is 80.9 cm³/mol. The number of rotatable bonds is 5. The fourth-order valence-electron chi connectivity index (χ4n) is 1.88. The van der Waals surface area contributed by atoms with Crippen molar-refractivity contribution in [3.8, 4) is 11.5 Å².